The fourth-order valence-corrected chi connectivity index (χ4v) is 3.54. The molecule has 1 N–H and O–H groups in total. The predicted molar refractivity (Wildman–Crippen MR) is 112 cm³/mol. The summed E-state index contributed by atoms with van der Waals surface area (Å²) in [4.78, 5) is 17.4. The summed E-state index contributed by atoms with van der Waals surface area (Å²) in [6.45, 7) is 6.62. The van der Waals surface area contributed by atoms with Crippen LogP contribution in [0.15, 0.2) is 47.6 Å². The molecule has 0 saturated carbocycles. The lowest BCUT2D eigenvalue weighted by Crippen LogP contribution is -2.20. The molecule has 3 rings (SSSR count). The molecule has 0 spiro atoms. The van der Waals surface area contributed by atoms with Gasteiger partial charge in [-0.15, -0.1) is 0 Å². The number of fused-ring (bicyclic) bond motifs is 1. The van der Waals surface area contributed by atoms with Gasteiger partial charge in [-0.2, -0.15) is 0 Å². The smallest absolute Gasteiger partial charge is 0.244 e. The van der Waals surface area contributed by atoms with Gasteiger partial charge in [-0.25, -0.2) is 4.98 Å². The maximum atomic E-state index is 12.8. The molecule has 1 amide bonds. The quantitative estimate of drug-likeness (QED) is 0.649. The van der Waals surface area contributed by atoms with Crippen LogP contribution >= 0.6 is 11.8 Å². The number of imidazole rings is 1. The van der Waals surface area contributed by atoms with Crippen LogP contribution in [0.3, 0.4) is 0 Å². The first-order valence-electron chi connectivity index (χ1n) is 8.81. The molecule has 0 unspecified atom stereocenters. The second-order valence-electron chi connectivity index (χ2n) is 7.39. The summed E-state index contributed by atoms with van der Waals surface area (Å²) in [5.74, 6) is 0.537. The highest BCUT2D eigenvalue weighted by molar-refractivity contribution is 7.98. The Hall–Kier alpha value is -2.47. The minimum atomic E-state index is -0.113. The molecule has 1 aromatic heterocycles. The minimum absolute atomic E-state index is 0.0156. The number of thioether (sulfide) groups is 1. The Morgan fingerprint density at radius 3 is 2.63 bits per heavy atom. The molecule has 27 heavy (non-hydrogen) atoms. The van der Waals surface area contributed by atoms with Gasteiger partial charge in [0.05, 0.1) is 23.8 Å². The summed E-state index contributed by atoms with van der Waals surface area (Å²) < 4.78 is 7.37. The SMILES string of the molecule is COc1ccc(C(C)(C)C)cc1NC(=O)Cn1c(SC)nc2ccccc21. The fourth-order valence-electron chi connectivity index (χ4n) is 2.97. The van der Waals surface area contributed by atoms with Gasteiger partial charge in [0, 0.05) is 0 Å². The third-order valence-corrected chi connectivity index (χ3v) is 5.12. The third-order valence-electron chi connectivity index (χ3n) is 4.44. The summed E-state index contributed by atoms with van der Waals surface area (Å²) in [5, 5.41) is 3.83. The van der Waals surface area contributed by atoms with Crippen molar-refractivity contribution < 1.29 is 9.53 Å². The van der Waals surface area contributed by atoms with E-state index in [2.05, 4.69) is 31.1 Å². The molecule has 0 atom stereocenters. The number of nitrogens with zero attached hydrogens (tertiary/aromatic N) is 2. The zero-order chi connectivity index (χ0) is 19.6. The largest absolute Gasteiger partial charge is 0.495 e. The molecule has 1 heterocycles. The van der Waals surface area contributed by atoms with E-state index in [0.717, 1.165) is 21.8 Å². The number of ether oxygens (including phenoxy) is 1. The highest BCUT2D eigenvalue weighted by Crippen LogP contribution is 2.31. The maximum absolute atomic E-state index is 12.8. The lowest BCUT2D eigenvalue weighted by Gasteiger charge is -2.21. The van der Waals surface area contributed by atoms with Crippen molar-refractivity contribution in [1.29, 1.82) is 0 Å². The molecule has 0 saturated heterocycles. The van der Waals surface area contributed by atoms with Crippen molar-refractivity contribution in [2.45, 2.75) is 37.9 Å². The lowest BCUT2D eigenvalue weighted by atomic mass is 9.87. The molecule has 2 aromatic carbocycles. The molecule has 0 radical (unpaired) electrons. The third kappa shape index (κ3) is 4.11. The van der Waals surface area contributed by atoms with Crippen LogP contribution in [0.1, 0.15) is 26.3 Å². The number of carbonyl (C=O) groups excluding carboxylic acids is 1. The van der Waals surface area contributed by atoms with Crippen LogP contribution in [0.4, 0.5) is 5.69 Å². The summed E-state index contributed by atoms with van der Waals surface area (Å²) in [5.41, 5.74) is 3.65. The van der Waals surface area contributed by atoms with E-state index in [1.54, 1.807) is 7.11 Å². The first-order chi connectivity index (χ1) is 12.8. The first-order valence-corrected chi connectivity index (χ1v) is 10.0. The number of methoxy groups -OCH3 is 1. The van der Waals surface area contributed by atoms with Crippen molar-refractivity contribution in [2.75, 3.05) is 18.7 Å². The number of hydrogen-bond acceptors (Lipinski definition) is 4. The molecule has 6 heteroatoms. The summed E-state index contributed by atoms with van der Waals surface area (Å²) >= 11 is 1.53. The van der Waals surface area contributed by atoms with Crippen molar-refractivity contribution in [3.63, 3.8) is 0 Å². The van der Waals surface area contributed by atoms with E-state index in [-0.39, 0.29) is 17.9 Å². The second kappa shape index (κ2) is 7.64. The Balaban J connectivity index is 1.89. The monoisotopic (exact) mass is 383 g/mol. The topological polar surface area (TPSA) is 56.1 Å². The standard InChI is InChI=1S/C21H25N3O2S/c1-21(2,3)14-10-11-18(26-4)16(12-14)22-19(25)13-24-17-9-7-6-8-15(17)23-20(24)27-5/h6-12H,13H2,1-5H3,(H,22,25). The van der Waals surface area contributed by atoms with Crippen molar-refractivity contribution in [3.8, 4) is 5.75 Å². The fraction of sp³-hybridized carbons (Fsp3) is 0.333. The van der Waals surface area contributed by atoms with Crippen molar-refractivity contribution in [3.05, 3.63) is 48.0 Å². The first kappa shape index (κ1) is 19.3. The van der Waals surface area contributed by atoms with E-state index in [4.69, 9.17) is 4.74 Å². The number of amides is 1. The summed E-state index contributed by atoms with van der Waals surface area (Å²) in [6, 6.07) is 13.8. The van der Waals surface area contributed by atoms with Gasteiger partial charge in [-0.3, -0.25) is 4.79 Å². The van der Waals surface area contributed by atoms with E-state index in [9.17, 15) is 4.79 Å². The molecule has 0 bridgehead atoms. The van der Waals surface area contributed by atoms with Crippen molar-refractivity contribution in [2.24, 2.45) is 0 Å². The van der Waals surface area contributed by atoms with Gasteiger partial charge in [0.1, 0.15) is 12.3 Å². The van der Waals surface area contributed by atoms with Crippen LogP contribution in [0, 0.1) is 0 Å². The van der Waals surface area contributed by atoms with Crippen LogP contribution in [-0.4, -0.2) is 28.8 Å². The van der Waals surface area contributed by atoms with E-state index in [0.29, 0.717) is 11.4 Å². The Morgan fingerprint density at radius 2 is 1.96 bits per heavy atom. The maximum Gasteiger partial charge on any atom is 0.244 e. The molecule has 0 aliphatic carbocycles. The van der Waals surface area contributed by atoms with Crippen LogP contribution in [0.25, 0.3) is 11.0 Å². The number of para-hydroxylation sites is 2. The highest BCUT2D eigenvalue weighted by atomic mass is 32.2. The van der Waals surface area contributed by atoms with Gasteiger partial charge < -0.3 is 14.6 Å². The molecule has 5 nitrogen and oxygen atoms in total. The Morgan fingerprint density at radius 1 is 1.22 bits per heavy atom. The van der Waals surface area contributed by atoms with E-state index >= 15 is 0 Å². The summed E-state index contributed by atoms with van der Waals surface area (Å²) in [7, 11) is 1.61. The van der Waals surface area contributed by atoms with Gasteiger partial charge in [-0.1, -0.05) is 50.7 Å². The number of carbonyl (C=O) groups is 1. The number of aromatic nitrogens is 2. The highest BCUT2D eigenvalue weighted by Gasteiger charge is 2.18. The van der Waals surface area contributed by atoms with Gasteiger partial charge >= 0.3 is 0 Å². The van der Waals surface area contributed by atoms with Gasteiger partial charge in [0.2, 0.25) is 5.91 Å². The van der Waals surface area contributed by atoms with Crippen LogP contribution in [0.5, 0.6) is 5.75 Å². The zero-order valence-electron chi connectivity index (χ0n) is 16.4. The van der Waals surface area contributed by atoms with Crippen LogP contribution in [-0.2, 0) is 16.8 Å². The molecule has 3 aromatic rings. The molecular formula is C21H25N3O2S. The Kier molecular flexibility index (Phi) is 5.46. The van der Waals surface area contributed by atoms with Crippen LogP contribution < -0.4 is 10.1 Å². The van der Waals surface area contributed by atoms with E-state index in [1.165, 1.54) is 11.8 Å². The van der Waals surface area contributed by atoms with Crippen LogP contribution in [0.2, 0.25) is 0 Å². The summed E-state index contributed by atoms with van der Waals surface area (Å²) in [6.07, 6.45) is 1.96. The molecule has 142 valence electrons. The number of hydrogen-bond donors (Lipinski definition) is 1. The molecule has 0 fully saturated rings. The average molecular weight is 384 g/mol. The Labute approximate surface area is 164 Å². The van der Waals surface area contributed by atoms with Crippen molar-refractivity contribution in [1.82, 2.24) is 9.55 Å². The van der Waals surface area contributed by atoms with E-state index in [1.807, 2.05) is 53.3 Å². The van der Waals surface area contributed by atoms with Gasteiger partial charge in [-0.05, 0) is 41.5 Å². The number of rotatable bonds is 5. The normalized spacial score (nSPS) is 11.6. The van der Waals surface area contributed by atoms with Gasteiger partial charge in [0.25, 0.3) is 0 Å². The molecule has 0 aliphatic rings. The number of nitrogens with one attached hydrogen (secondary N) is 1. The zero-order valence-corrected chi connectivity index (χ0v) is 17.2. The average Bonchev–Trinajstić information content (AvgIpc) is 2.98. The second-order valence-corrected chi connectivity index (χ2v) is 8.16. The Bertz CT molecular complexity index is 973. The lowest BCUT2D eigenvalue weighted by molar-refractivity contribution is -0.116. The predicted octanol–water partition coefficient (Wildman–Crippen LogP) is 4.70. The van der Waals surface area contributed by atoms with Gasteiger partial charge in [0.15, 0.2) is 5.16 Å². The van der Waals surface area contributed by atoms with E-state index < -0.39 is 0 Å². The molecular weight excluding hydrogens is 358 g/mol. The molecule has 0 aliphatic heterocycles. The van der Waals surface area contributed by atoms with Crippen molar-refractivity contribution >= 4 is 34.4 Å². The minimum Gasteiger partial charge on any atom is -0.495 e. The number of anilines is 1. The number of benzene rings is 2.